The molecule has 5 saturated heterocycles. The van der Waals surface area contributed by atoms with E-state index in [0.717, 1.165) is 137 Å². The first kappa shape index (κ1) is 50.3. The monoisotopic (exact) mass is 994 g/mol. The number of pyridine rings is 1. The molecule has 0 aliphatic carbocycles. The van der Waals surface area contributed by atoms with Gasteiger partial charge in [-0.2, -0.15) is 0 Å². The molecule has 16 heteroatoms. The summed E-state index contributed by atoms with van der Waals surface area (Å²) in [6.45, 7) is 19.8. The number of imide groups is 2. The molecule has 7 heterocycles. The maximum Gasteiger partial charge on any atom is 0.264 e. The average molecular weight is 994 g/mol. The number of aryl methyl sites for hydroxylation is 3. The van der Waals surface area contributed by atoms with Gasteiger partial charge in [0.25, 0.3) is 17.4 Å². The maximum absolute atomic E-state index is 13.4. The van der Waals surface area contributed by atoms with Crippen LogP contribution >= 0.6 is 0 Å². The number of likely N-dealkylation sites (tertiary alicyclic amines) is 2. The average Bonchev–Trinajstić information content (AvgIpc) is 3.60. The predicted molar refractivity (Wildman–Crippen MR) is 280 cm³/mol. The van der Waals surface area contributed by atoms with Gasteiger partial charge in [-0.3, -0.25) is 48.8 Å². The highest BCUT2D eigenvalue weighted by Gasteiger charge is 2.53. The molecule has 0 saturated carbocycles. The number of ether oxygens (including phenoxy) is 1. The fourth-order valence-corrected chi connectivity index (χ4v) is 12.2. The second-order valence-corrected chi connectivity index (χ2v) is 21.7. The molecule has 5 fully saturated rings. The second kappa shape index (κ2) is 21.3. The van der Waals surface area contributed by atoms with E-state index in [1.807, 2.05) is 18.7 Å². The van der Waals surface area contributed by atoms with Crippen LogP contribution < -0.4 is 21.1 Å². The summed E-state index contributed by atoms with van der Waals surface area (Å²) in [7, 11) is 0. The molecule has 6 aliphatic heterocycles. The van der Waals surface area contributed by atoms with Crippen molar-refractivity contribution in [3.63, 3.8) is 0 Å². The Morgan fingerprint density at radius 2 is 1.58 bits per heavy atom. The molecule has 3 N–H and O–H groups in total. The number of anilines is 2. The second-order valence-electron chi connectivity index (χ2n) is 21.7. The molecule has 0 bridgehead atoms. The number of aromatic amines is 1. The SMILES string of the molecule is CCC1CC(N(Cc2c(C)cc(C)[nH]c2=O)c2cc(-c3ccc(CN4CCN(CC(=O)N5CC6(CN(CCCCNc7cccc8c7C(=O)N(C7CCC(=O)NC7=O)C8=O)C6)C5)CC4)cc3)ccc2C)CCO1. The Bertz CT molecular complexity index is 2810. The van der Waals surface area contributed by atoms with Gasteiger partial charge in [0.2, 0.25) is 17.7 Å². The van der Waals surface area contributed by atoms with Crippen molar-refractivity contribution in [3.8, 4) is 11.1 Å². The van der Waals surface area contributed by atoms with Crippen LogP contribution in [0.15, 0.2) is 71.5 Å². The lowest BCUT2D eigenvalue weighted by atomic mass is 9.72. The first-order chi connectivity index (χ1) is 35.2. The Balaban J connectivity index is 0.641. The van der Waals surface area contributed by atoms with Crippen molar-refractivity contribution in [2.45, 2.75) is 104 Å². The number of carbonyl (C=O) groups is 5. The van der Waals surface area contributed by atoms with E-state index in [1.165, 1.54) is 16.7 Å². The summed E-state index contributed by atoms with van der Waals surface area (Å²) < 4.78 is 6.10. The first-order valence-electron chi connectivity index (χ1n) is 26.6. The smallest absolute Gasteiger partial charge is 0.264 e. The zero-order chi connectivity index (χ0) is 51.0. The molecule has 1 aromatic heterocycles. The van der Waals surface area contributed by atoms with Gasteiger partial charge in [-0.25, -0.2) is 0 Å². The van der Waals surface area contributed by atoms with Gasteiger partial charge in [0.1, 0.15) is 6.04 Å². The molecular formula is C57H71N9O7. The molecule has 73 heavy (non-hydrogen) atoms. The van der Waals surface area contributed by atoms with E-state index in [2.05, 4.69) is 97.6 Å². The Kier molecular flexibility index (Phi) is 14.7. The number of hydrogen-bond acceptors (Lipinski definition) is 12. The largest absolute Gasteiger partial charge is 0.384 e. The highest BCUT2D eigenvalue weighted by Crippen LogP contribution is 2.40. The molecule has 1 spiro atoms. The number of carbonyl (C=O) groups excluding carboxylic acids is 5. The summed E-state index contributed by atoms with van der Waals surface area (Å²) in [5.41, 5.74) is 10.00. The number of nitrogens with zero attached hydrogens (tertiary/aromatic N) is 6. The van der Waals surface area contributed by atoms with E-state index in [0.29, 0.717) is 25.3 Å². The van der Waals surface area contributed by atoms with E-state index >= 15 is 0 Å². The lowest BCUT2D eigenvalue weighted by Gasteiger charge is -2.60. The Morgan fingerprint density at radius 3 is 2.32 bits per heavy atom. The zero-order valence-corrected chi connectivity index (χ0v) is 43.0. The van der Waals surface area contributed by atoms with E-state index < -0.39 is 29.7 Å². The molecule has 6 aliphatic rings. The lowest BCUT2D eigenvalue weighted by molar-refractivity contribution is -0.160. The number of H-pyrrole nitrogens is 1. The van der Waals surface area contributed by atoms with Crippen LogP contribution in [0.25, 0.3) is 11.1 Å². The number of nitrogens with one attached hydrogen (secondary N) is 3. The summed E-state index contributed by atoms with van der Waals surface area (Å²) in [6, 6.07) is 22.1. The molecular weight excluding hydrogens is 923 g/mol. The maximum atomic E-state index is 13.4. The third-order valence-corrected chi connectivity index (χ3v) is 16.3. The number of piperidine rings is 1. The molecule has 3 unspecified atom stereocenters. The van der Waals surface area contributed by atoms with Gasteiger partial charge < -0.3 is 29.7 Å². The number of unbranched alkanes of at least 4 members (excludes halogenated alkanes) is 1. The van der Waals surface area contributed by atoms with Gasteiger partial charge in [-0.1, -0.05) is 49.4 Å². The topological polar surface area (TPSA) is 171 Å². The molecule has 3 aromatic carbocycles. The third kappa shape index (κ3) is 10.8. The van der Waals surface area contributed by atoms with Crippen LogP contribution in [0.4, 0.5) is 11.4 Å². The zero-order valence-electron chi connectivity index (χ0n) is 43.0. The van der Waals surface area contributed by atoms with Crippen LogP contribution in [-0.2, 0) is 32.2 Å². The van der Waals surface area contributed by atoms with Crippen molar-refractivity contribution in [2.75, 3.05) is 88.8 Å². The fraction of sp³-hybridized carbons (Fsp3) is 0.509. The minimum Gasteiger partial charge on any atom is -0.384 e. The summed E-state index contributed by atoms with van der Waals surface area (Å²) in [5.74, 6) is -1.80. The van der Waals surface area contributed by atoms with Gasteiger partial charge in [-0.15, -0.1) is 0 Å². The van der Waals surface area contributed by atoms with Crippen molar-refractivity contribution < 1.29 is 28.7 Å². The van der Waals surface area contributed by atoms with E-state index in [4.69, 9.17) is 4.74 Å². The number of piperazine rings is 1. The predicted octanol–water partition coefficient (Wildman–Crippen LogP) is 5.49. The Hall–Kier alpha value is -6.20. The van der Waals surface area contributed by atoms with Crippen molar-refractivity contribution >= 4 is 40.9 Å². The summed E-state index contributed by atoms with van der Waals surface area (Å²) >= 11 is 0. The van der Waals surface area contributed by atoms with Gasteiger partial charge in [0.05, 0.1) is 23.8 Å². The van der Waals surface area contributed by atoms with E-state index in [-0.39, 0.29) is 53.0 Å². The minimum atomic E-state index is -0.989. The van der Waals surface area contributed by atoms with Gasteiger partial charge in [-0.05, 0) is 118 Å². The fourth-order valence-electron chi connectivity index (χ4n) is 12.2. The minimum absolute atomic E-state index is 0.0122. The van der Waals surface area contributed by atoms with E-state index in [9.17, 15) is 28.8 Å². The number of rotatable bonds is 17. The van der Waals surface area contributed by atoms with Crippen molar-refractivity contribution in [1.29, 1.82) is 0 Å². The summed E-state index contributed by atoms with van der Waals surface area (Å²) in [5, 5.41) is 5.59. The van der Waals surface area contributed by atoms with Gasteiger partial charge in [0, 0.05) is 119 Å². The van der Waals surface area contributed by atoms with Crippen LogP contribution in [0, 0.1) is 26.2 Å². The molecule has 4 aromatic rings. The number of amides is 5. The molecule has 10 rings (SSSR count). The molecule has 16 nitrogen and oxygen atoms in total. The van der Waals surface area contributed by atoms with Crippen LogP contribution in [0.1, 0.15) is 101 Å². The molecule has 386 valence electrons. The highest BCUT2D eigenvalue weighted by atomic mass is 16.5. The van der Waals surface area contributed by atoms with Crippen molar-refractivity contribution in [3.05, 3.63) is 116 Å². The highest BCUT2D eigenvalue weighted by molar-refractivity contribution is 6.25. The number of benzene rings is 3. The number of aromatic nitrogens is 1. The van der Waals surface area contributed by atoms with E-state index in [1.54, 1.807) is 18.2 Å². The lowest BCUT2D eigenvalue weighted by Crippen LogP contribution is -2.73. The van der Waals surface area contributed by atoms with Crippen molar-refractivity contribution in [1.82, 2.24) is 34.8 Å². The first-order valence-corrected chi connectivity index (χ1v) is 26.6. The standard InChI is InChI=1S/C57H71N9O7/c1-5-44-29-43(19-26-73-44)65(31-46-38(3)27-39(4)59-53(46)69)49-28-42(14-11-37(49)2)41-15-12-40(13-16-41)30-61-22-24-62(25-23-61)32-51(68)64-35-57(36-64)33-63(34-57)21-7-6-20-58-47-10-8-9-45-52(47)56(72)66(55(45)71)48-17-18-50(67)60-54(48)70/h8-16,27-28,43-44,48,58H,5-7,17-26,29-36H2,1-4H3,(H,59,69)(H,60,67,70). The molecule has 0 radical (unpaired) electrons. The Labute approximate surface area is 428 Å². The summed E-state index contributed by atoms with van der Waals surface area (Å²) in [6.07, 6.45) is 5.09. The van der Waals surface area contributed by atoms with Crippen LogP contribution in [0.3, 0.4) is 0 Å². The number of hydrogen-bond donors (Lipinski definition) is 3. The van der Waals surface area contributed by atoms with Gasteiger partial charge >= 0.3 is 0 Å². The van der Waals surface area contributed by atoms with Crippen LogP contribution in [0.2, 0.25) is 0 Å². The Morgan fingerprint density at radius 1 is 0.822 bits per heavy atom. The summed E-state index contributed by atoms with van der Waals surface area (Å²) in [4.78, 5) is 93.2. The van der Waals surface area contributed by atoms with Crippen LogP contribution in [-0.4, -0.2) is 156 Å². The van der Waals surface area contributed by atoms with Gasteiger partial charge in [0.15, 0.2) is 0 Å². The normalized spacial score (nSPS) is 22.3. The number of fused-ring (bicyclic) bond motifs is 1. The third-order valence-electron chi connectivity index (χ3n) is 16.3. The van der Waals surface area contributed by atoms with Crippen molar-refractivity contribution in [2.24, 2.45) is 5.41 Å². The molecule has 5 amide bonds. The molecule has 3 atom stereocenters. The van der Waals surface area contributed by atoms with Crippen LogP contribution in [0.5, 0.6) is 0 Å². The quantitative estimate of drug-likeness (QED) is 0.0901.